The standard InChI is InChI=1S/C15H19Cl3O2/c1-3-4-5-7-20-15-11(2)9-12(10-13(15)16)19-8-6-14(17)18/h6,9-10H,3-5,7-8H2,1-2H3. The monoisotopic (exact) mass is 336 g/mol. The summed E-state index contributed by atoms with van der Waals surface area (Å²) in [5.41, 5.74) is 0.949. The van der Waals surface area contributed by atoms with E-state index in [1.807, 2.05) is 13.0 Å². The molecule has 0 saturated heterocycles. The van der Waals surface area contributed by atoms with Gasteiger partial charge in [0.25, 0.3) is 0 Å². The Morgan fingerprint density at radius 2 is 1.95 bits per heavy atom. The third kappa shape index (κ3) is 6.25. The van der Waals surface area contributed by atoms with E-state index in [0.717, 1.165) is 24.2 Å². The third-order valence-electron chi connectivity index (χ3n) is 2.68. The maximum atomic E-state index is 6.22. The number of aryl methyl sites for hydroxylation is 1. The van der Waals surface area contributed by atoms with E-state index >= 15 is 0 Å². The van der Waals surface area contributed by atoms with Crippen LogP contribution in [0.5, 0.6) is 11.5 Å². The van der Waals surface area contributed by atoms with Crippen LogP contribution >= 0.6 is 34.8 Å². The molecule has 20 heavy (non-hydrogen) atoms. The van der Waals surface area contributed by atoms with Crippen molar-refractivity contribution in [1.82, 2.24) is 0 Å². The maximum absolute atomic E-state index is 6.22. The number of ether oxygens (including phenoxy) is 2. The highest BCUT2D eigenvalue weighted by Gasteiger charge is 2.08. The summed E-state index contributed by atoms with van der Waals surface area (Å²) in [6.07, 6.45) is 4.92. The van der Waals surface area contributed by atoms with Crippen molar-refractivity contribution in [3.8, 4) is 11.5 Å². The molecule has 0 aliphatic rings. The normalized spacial score (nSPS) is 10.2. The second kappa shape index (κ2) is 9.38. The predicted octanol–water partition coefficient (Wildman–Crippen LogP) is 5.92. The molecule has 0 amide bonds. The molecule has 5 heteroatoms. The largest absolute Gasteiger partial charge is 0.492 e. The molecule has 0 spiro atoms. The Morgan fingerprint density at radius 1 is 1.20 bits per heavy atom. The fourth-order valence-corrected chi connectivity index (χ4v) is 2.13. The Bertz CT molecular complexity index is 431. The van der Waals surface area contributed by atoms with Crippen molar-refractivity contribution in [3.63, 3.8) is 0 Å². The minimum absolute atomic E-state index is 0.184. The van der Waals surface area contributed by atoms with Crippen LogP contribution in [0.15, 0.2) is 22.7 Å². The Kier molecular flexibility index (Phi) is 8.20. The molecule has 0 aromatic heterocycles. The molecule has 112 valence electrons. The topological polar surface area (TPSA) is 18.5 Å². The number of hydrogen-bond acceptors (Lipinski definition) is 2. The van der Waals surface area contributed by atoms with Crippen LogP contribution in [0.4, 0.5) is 0 Å². The molecule has 0 saturated carbocycles. The van der Waals surface area contributed by atoms with Crippen LogP contribution in [0, 0.1) is 6.92 Å². The van der Waals surface area contributed by atoms with Gasteiger partial charge in [0.2, 0.25) is 0 Å². The van der Waals surface area contributed by atoms with Gasteiger partial charge < -0.3 is 9.47 Å². The minimum atomic E-state index is 0.184. The van der Waals surface area contributed by atoms with Crippen LogP contribution in [0.1, 0.15) is 31.7 Å². The van der Waals surface area contributed by atoms with Gasteiger partial charge in [0.1, 0.15) is 22.6 Å². The first-order valence-corrected chi connectivity index (χ1v) is 7.75. The number of unbranched alkanes of at least 4 members (excludes halogenated alkanes) is 2. The van der Waals surface area contributed by atoms with Gasteiger partial charge in [-0.05, 0) is 31.1 Å². The van der Waals surface area contributed by atoms with Crippen LogP contribution in [0.2, 0.25) is 5.02 Å². The van der Waals surface area contributed by atoms with Crippen molar-refractivity contribution < 1.29 is 9.47 Å². The van der Waals surface area contributed by atoms with E-state index in [9.17, 15) is 0 Å². The van der Waals surface area contributed by atoms with Gasteiger partial charge in [-0.2, -0.15) is 0 Å². The average Bonchev–Trinajstić information content (AvgIpc) is 2.36. The molecule has 0 fully saturated rings. The van der Waals surface area contributed by atoms with Crippen molar-refractivity contribution in [2.75, 3.05) is 13.2 Å². The lowest BCUT2D eigenvalue weighted by Gasteiger charge is -2.13. The van der Waals surface area contributed by atoms with E-state index in [1.165, 1.54) is 6.42 Å². The van der Waals surface area contributed by atoms with E-state index in [4.69, 9.17) is 44.3 Å². The maximum Gasteiger partial charge on any atom is 0.141 e. The molecule has 0 aliphatic carbocycles. The summed E-state index contributed by atoms with van der Waals surface area (Å²) in [4.78, 5) is 0. The number of hydrogen-bond donors (Lipinski definition) is 0. The lowest BCUT2D eigenvalue weighted by Crippen LogP contribution is -2.01. The number of benzene rings is 1. The zero-order valence-electron chi connectivity index (χ0n) is 11.7. The smallest absolute Gasteiger partial charge is 0.141 e. The van der Waals surface area contributed by atoms with E-state index in [2.05, 4.69) is 6.92 Å². The van der Waals surface area contributed by atoms with Crippen LogP contribution in [0.25, 0.3) is 0 Å². The second-order valence-corrected chi connectivity index (χ2v) is 5.83. The van der Waals surface area contributed by atoms with Gasteiger partial charge in [-0.3, -0.25) is 0 Å². The van der Waals surface area contributed by atoms with Crippen molar-refractivity contribution in [2.45, 2.75) is 33.1 Å². The summed E-state index contributed by atoms with van der Waals surface area (Å²) in [6.45, 7) is 5.08. The molecule has 0 bridgehead atoms. The molecule has 0 radical (unpaired) electrons. The fourth-order valence-electron chi connectivity index (χ4n) is 1.69. The molecular formula is C15H19Cl3O2. The van der Waals surface area contributed by atoms with Gasteiger partial charge in [-0.1, -0.05) is 54.6 Å². The highest BCUT2D eigenvalue weighted by atomic mass is 35.5. The molecule has 2 nitrogen and oxygen atoms in total. The van der Waals surface area contributed by atoms with Crippen LogP contribution in [0.3, 0.4) is 0 Å². The summed E-state index contributed by atoms with van der Waals surface area (Å²) in [6, 6.07) is 3.62. The molecule has 0 heterocycles. The molecule has 1 aromatic rings. The molecule has 0 aliphatic heterocycles. The quantitative estimate of drug-likeness (QED) is 0.548. The third-order valence-corrected chi connectivity index (χ3v) is 3.27. The lowest BCUT2D eigenvalue weighted by atomic mass is 10.2. The zero-order valence-corrected chi connectivity index (χ0v) is 14.0. The Hall–Kier alpha value is -0.570. The number of rotatable bonds is 8. The van der Waals surface area contributed by atoms with Crippen molar-refractivity contribution in [2.24, 2.45) is 0 Å². The molecule has 0 atom stereocenters. The first-order chi connectivity index (χ1) is 9.54. The van der Waals surface area contributed by atoms with Crippen molar-refractivity contribution in [3.05, 3.63) is 33.3 Å². The molecule has 0 N–H and O–H groups in total. The summed E-state index contributed by atoms with van der Waals surface area (Å²) in [5, 5.41) is 0.553. The number of halogens is 3. The predicted molar refractivity (Wildman–Crippen MR) is 86.5 cm³/mol. The van der Waals surface area contributed by atoms with E-state index in [-0.39, 0.29) is 4.49 Å². The van der Waals surface area contributed by atoms with E-state index < -0.39 is 0 Å². The lowest BCUT2D eigenvalue weighted by molar-refractivity contribution is 0.303. The minimum Gasteiger partial charge on any atom is -0.492 e. The van der Waals surface area contributed by atoms with Crippen LogP contribution in [-0.2, 0) is 0 Å². The highest BCUT2D eigenvalue weighted by Crippen LogP contribution is 2.33. The van der Waals surface area contributed by atoms with Gasteiger partial charge in [0.05, 0.1) is 11.6 Å². The van der Waals surface area contributed by atoms with Crippen LogP contribution < -0.4 is 9.47 Å². The second-order valence-electron chi connectivity index (χ2n) is 4.41. The molecule has 1 rings (SSSR count). The average molecular weight is 338 g/mol. The van der Waals surface area contributed by atoms with E-state index in [0.29, 0.717) is 24.0 Å². The van der Waals surface area contributed by atoms with Crippen molar-refractivity contribution in [1.29, 1.82) is 0 Å². The van der Waals surface area contributed by atoms with Gasteiger partial charge in [0, 0.05) is 6.07 Å². The molecule has 1 aromatic carbocycles. The van der Waals surface area contributed by atoms with Gasteiger partial charge >= 0.3 is 0 Å². The summed E-state index contributed by atoms with van der Waals surface area (Å²) < 4.78 is 11.4. The van der Waals surface area contributed by atoms with Gasteiger partial charge in [0.15, 0.2) is 0 Å². The highest BCUT2D eigenvalue weighted by molar-refractivity contribution is 6.55. The Morgan fingerprint density at radius 3 is 2.55 bits per heavy atom. The van der Waals surface area contributed by atoms with Crippen LogP contribution in [-0.4, -0.2) is 13.2 Å². The summed E-state index contributed by atoms with van der Waals surface area (Å²) >= 11 is 17.2. The summed E-state index contributed by atoms with van der Waals surface area (Å²) in [7, 11) is 0. The molecule has 0 unspecified atom stereocenters. The first-order valence-electron chi connectivity index (χ1n) is 6.61. The Balaban J connectivity index is 2.63. The fraction of sp³-hybridized carbons (Fsp3) is 0.467. The van der Waals surface area contributed by atoms with Crippen molar-refractivity contribution >= 4 is 34.8 Å². The van der Waals surface area contributed by atoms with Gasteiger partial charge in [-0.15, -0.1) is 0 Å². The SMILES string of the molecule is CCCCCOc1c(C)cc(OCC=C(Cl)Cl)cc1Cl. The molecular weight excluding hydrogens is 319 g/mol. The summed E-state index contributed by atoms with van der Waals surface area (Å²) in [5.74, 6) is 1.39. The van der Waals surface area contributed by atoms with Gasteiger partial charge in [-0.25, -0.2) is 0 Å². The van der Waals surface area contributed by atoms with E-state index in [1.54, 1.807) is 12.1 Å². The Labute approximate surface area is 135 Å². The zero-order chi connectivity index (χ0) is 15.0. The first kappa shape index (κ1) is 17.5.